The van der Waals surface area contributed by atoms with Gasteiger partial charge in [-0.1, -0.05) is 46.4 Å². The molecule has 106 valence electrons. The first-order valence-electron chi connectivity index (χ1n) is 6.01. The molecule has 0 atom stereocenters. The summed E-state index contributed by atoms with van der Waals surface area (Å²) in [6, 6.07) is 10.7. The van der Waals surface area contributed by atoms with Gasteiger partial charge in [-0.15, -0.1) is 5.10 Å². The van der Waals surface area contributed by atoms with Crippen LogP contribution in [0.15, 0.2) is 36.4 Å². The maximum absolute atomic E-state index is 11.4. The van der Waals surface area contributed by atoms with Crippen molar-refractivity contribution in [2.45, 2.75) is 6.61 Å². The number of carboxylic acid groups (broad SMARTS) is 1. The Kier molecular flexibility index (Phi) is 3.72. The number of nitrogens with zero attached hydrogens (tertiary/aromatic N) is 2. The van der Waals surface area contributed by atoms with E-state index in [1.165, 1.54) is 6.07 Å². The third-order valence-corrected chi connectivity index (χ3v) is 3.96. The van der Waals surface area contributed by atoms with Gasteiger partial charge < -0.3 is 9.84 Å². The van der Waals surface area contributed by atoms with Crippen molar-refractivity contribution in [1.29, 1.82) is 0 Å². The Labute approximate surface area is 128 Å². The van der Waals surface area contributed by atoms with E-state index in [0.29, 0.717) is 15.8 Å². The molecule has 2 aromatic carbocycles. The second-order valence-corrected chi connectivity index (χ2v) is 5.61. The van der Waals surface area contributed by atoms with Crippen LogP contribution in [0.25, 0.3) is 10.8 Å². The van der Waals surface area contributed by atoms with Crippen molar-refractivity contribution < 1.29 is 14.6 Å². The number of hydrogen-bond acceptors (Lipinski definition) is 5. The summed E-state index contributed by atoms with van der Waals surface area (Å²) in [7, 11) is 0. The normalized spacial score (nSPS) is 10.7. The second-order valence-electron chi connectivity index (χ2n) is 4.25. The molecule has 1 N–H and O–H groups in total. The Hall–Kier alpha value is -2.18. The molecule has 0 saturated carbocycles. The molecule has 21 heavy (non-hydrogen) atoms. The van der Waals surface area contributed by atoms with E-state index in [1.807, 2.05) is 24.3 Å². The fraction of sp³-hybridized carbons (Fsp3) is 0.0714. The van der Waals surface area contributed by atoms with Gasteiger partial charge in [0, 0.05) is 16.9 Å². The molecule has 1 aromatic heterocycles. The van der Waals surface area contributed by atoms with E-state index in [2.05, 4.69) is 9.59 Å². The third-order valence-electron chi connectivity index (χ3n) is 2.97. The molecule has 0 aliphatic heterocycles. The topological polar surface area (TPSA) is 72.3 Å². The molecule has 0 saturated heterocycles. The number of benzene rings is 2. The molecule has 3 rings (SSSR count). The molecule has 0 fully saturated rings. The van der Waals surface area contributed by atoms with Crippen molar-refractivity contribution in [3.05, 3.63) is 52.0 Å². The number of fused-ring (bicyclic) bond motifs is 1. The Morgan fingerprint density at radius 3 is 2.81 bits per heavy atom. The summed E-state index contributed by atoms with van der Waals surface area (Å²) in [5.41, 5.74) is 0.596. The van der Waals surface area contributed by atoms with Crippen LogP contribution in [0, 0.1) is 0 Å². The van der Waals surface area contributed by atoms with E-state index in [1.54, 1.807) is 6.07 Å². The Morgan fingerprint density at radius 1 is 1.29 bits per heavy atom. The van der Waals surface area contributed by atoms with Gasteiger partial charge in [0.25, 0.3) is 0 Å². The van der Waals surface area contributed by atoms with Crippen molar-refractivity contribution in [2.24, 2.45) is 0 Å². The largest absolute Gasteiger partial charge is 0.486 e. The maximum Gasteiger partial charge on any atom is 0.339 e. The average molecular weight is 321 g/mol. The zero-order valence-electron chi connectivity index (χ0n) is 10.6. The molecule has 3 aromatic rings. The van der Waals surface area contributed by atoms with E-state index in [0.717, 1.165) is 22.3 Å². The van der Waals surface area contributed by atoms with Crippen molar-refractivity contribution >= 4 is 39.9 Å². The lowest BCUT2D eigenvalue weighted by atomic mass is 10.1. The summed E-state index contributed by atoms with van der Waals surface area (Å²) in [4.78, 5) is 11.4. The molecule has 0 bridgehead atoms. The standard InChI is InChI=1S/C14H9ClN2O3S/c15-13-11(16-17-21-13)7-20-12-9-4-2-1-3-8(9)5-6-10(12)14(18)19/h1-6H,7H2,(H,18,19). The van der Waals surface area contributed by atoms with Gasteiger partial charge in [0.05, 0.1) is 0 Å². The van der Waals surface area contributed by atoms with Gasteiger partial charge in [-0.05, 0) is 11.5 Å². The van der Waals surface area contributed by atoms with Crippen LogP contribution in [0.3, 0.4) is 0 Å². The van der Waals surface area contributed by atoms with Crippen LogP contribution in [0.1, 0.15) is 16.1 Å². The second kappa shape index (κ2) is 5.67. The summed E-state index contributed by atoms with van der Waals surface area (Å²) >= 11 is 6.99. The van der Waals surface area contributed by atoms with Crippen LogP contribution in [-0.2, 0) is 6.61 Å². The first-order valence-corrected chi connectivity index (χ1v) is 7.16. The van der Waals surface area contributed by atoms with Gasteiger partial charge in [-0.25, -0.2) is 4.79 Å². The Morgan fingerprint density at radius 2 is 2.10 bits per heavy atom. The number of ether oxygens (including phenoxy) is 1. The number of halogens is 1. The lowest BCUT2D eigenvalue weighted by molar-refractivity contribution is 0.0692. The fourth-order valence-corrected chi connectivity index (χ4v) is 2.59. The highest BCUT2D eigenvalue weighted by atomic mass is 35.5. The SMILES string of the molecule is O=C(O)c1ccc2ccccc2c1OCc1nnsc1Cl. The third kappa shape index (κ3) is 2.68. The molecule has 7 heteroatoms. The molecule has 0 radical (unpaired) electrons. The first kappa shape index (κ1) is 13.8. The van der Waals surface area contributed by atoms with Gasteiger partial charge >= 0.3 is 5.97 Å². The van der Waals surface area contributed by atoms with Gasteiger partial charge in [-0.2, -0.15) is 0 Å². The number of aromatic carboxylic acids is 1. The predicted molar refractivity (Wildman–Crippen MR) is 80.2 cm³/mol. The molecular weight excluding hydrogens is 312 g/mol. The Balaban J connectivity index is 2.04. The highest BCUT2D eigenvalue weighted by Crippen LogP contribution is 2.31. The zero-order valence-corrected chi connectivity index (χ0v) is 12.2. The first-order chi connectivity index (χ1) is 10.2. The lowest BCUT2D eigenvalue weighted by Crippen LogP contribution is -2.04. The quantitative estimate of drug-likeness (QED) is 0.794. The molecule has 0 aliphatic rings. The van der Waals surface area contributed by atoms with Crippen LogP contribution in [0.5, 0.6) is 5.75 Å². The highest BCUT2D eigenvalue weighted by Gasteiger charge is 2.16. The lowest BCUT2D eigenvalue weighted by Gasteiger charge is -2.11. The summed E-state index contributed by atoms with van der Waals surface area (Å²) in [5, 5.41) is 14.8. The minimum atomic E-state index is -1.04. The number of hydrogen-bond donors (Lipinski definition) is 1. The van der Waals surface area contributed by atoms with E-state index in [4.69, 9.17) is 16.3 Å². The molecule has 0 amide bonds. The van der Waals surface area contributed by atoms with Crippen molar-refractivity contribution in [3.63, 3.8) is 0 Å². The summed E-state index contributed by atoms with van der Waals surface area (Å²) in [5.74, 6) is -0.733. The van der Waals surface area contributed by atoms with Gasteiger partial charge in [0.15, 0.2) is 0 Å². The van der Waals surface area contributed by atoms with Crippen molar-refractivity contribution in [1.82, 2.24) is 9.59 Å². The van der Waals surface area contributed by atoms with E-state index < -0.39 is 5.97 Å². The molecule has 0 spiro atoms. The van der Waals surface area contributed by atoms with E-state index >= 15 is 0 Å². The minimum absolute atomic E-state index is 0.0730. The molecule has 1 heterocycles. The molecule has 0 unspecified atom stereocenters. The number of carboxylic acids is 1. The summed E-state index contributed by atoms with van der Waals surface area (Å²) < 4.78 is 9.83. The maximum atomic E-state index is 11.4. The number of rotatable bonds is 4. The van der Waals surface area contributed by atoms with Crippen molar-refractivity contribution in [2.75, 3.05) is 0 Å². The van der Waals surface area contributed by atoms with Crippen molar-refractivity contribution in [3.8, 4) is 5.75 Å². The van der Waals surface area contributed by atoms with E-state index in [-0.39, 0.29) is 12.2 Å². The minimum Gasteiger partial charge on any atom is -0.486 e. The molecule has 0 aliphatic carbocycles. The summed E-state index contributed by atoms with van der Waals surface area (Å²) in [6.07, 6.45) is 0. The monoisotopic (exact) mass is 320 g/mol. The number of carbonyl (C=O) groups is 1. The fourth-order valence-electron chi connectivity index (χ4n) is 1.99. The van der Waals surface area contributed by atoms with Crippen LogP contribution in [0.4, 0.5) is 0 Å². The van der Waals surface area contributed by atoms with Gasteiger partial charge in [0.1, 0.15) is 28.0 Å². The Bertz CT molecular complexity index is 819. The summed E-state index contributed by atoms with van der Waals surface area (Å²) in [6.45, 7) is 0.0730. The molecular formula is C14H9ClN2O3S. The van der Waals surface area contributed by atoms with Crippen LogP contribution in [-0.4, -0.2) is 20.7 Å². The number of aromatic nitrogens is 2. The van der Waals surface area contributed by atoms with Crippen LogP contribution >= 0.6 is 23.1 Å². The van der Waals surface area contributed by atoms with Gasteiger partial charge in [-0.3, -0.25) is 0 Å². The average Bonchev–Trinajstić information content (AvgIpc) is 2.89. The van der Waals surface area contributed by atoms with Crippen LogP contribution < -0.4 is 4.74 Å². The van der Waals surface area contributed by atoms with Gasteiger partial charge in [0.2, 0.25) is 0 Å². The smallest absolute Gasteiger partial charge is 0.339 e. The predicted octanol–water partition coefficient (Wildman–Crippen LogP) is 3.62. The highest BCUT2D eigenvalue weighted by molar-refractivity contribution is 7.10. The van der Waals surface area contributed by atoms with E-state index in [9.17, 15) is 9.90 Å². The van der Waals surface area contributed by atoms with Crippen LogP contribution in [0.2, 0.25) is 4.34 Å². The zero-order chi connectivity index (χ0) is 14.8. The molecule has 5 nitrogen and oxygen atoms in total.